The van der Waals surface area contributed by atoms with Crippen LogP contribution in [0.3, 0.4) is 0 Å². The highest BCUT2D eigenvalue weighted by atomic mass is 16.3. The lowest BCUT2D eigenvalue weighted by atomic mass is 9.99. The summed E-state index contributed by atoms with van der Waals surface area (Å²) < 4.78 is 0. The quantitative estimate of drug-likeness (QED) is 0.764. The Bertz CT molecular complexity index is 740. The van der Waals surface area contributed by atoms with Gasteiger partial charge in [-0.05, 0) is 34.0 Å². The van der Waals surface area contributed by atoms with Gasteiger partial charge in [0.15, 0.2) is 0 Å². The second-order valence-corrected chi connectivity index (χ2v) is 4.90. The maximum atomic E-state index is 10.4. The molecular weight excluding hydrogens is 248 g/mol. The molecule has 3 heteroatoms. The molecule has 3 rings (SSSR count). The summed E-state index contributed by atoms with van der Waals surface area (Å²) in [5.41, 5.74) is 8.32. The Balaban J connectivity index is 1.89. The van der Waals surface area contributed by atoms with E-state index in [1.807, 2.05) is 36.4 Å². The van der Waals surface area contributed by atoms with Crippen LogP contribution in [0.1, 0.15) is 17.2 Å². The van der Waals surface area contributed by atoms with Crippen molar-refractivity contribution in [2.24, 2.45) is 0 Å². The number of rotatable bonds is 3. The number of fused-ring (bicyclic) bond motifs is 1. The van der Waals surface area contributed by atoms with Gasteiger partial charge in [-0.15, -0.1) is 0 Å². The van der Waals surface area contributed by atoms with Crippen LogP contribution in [0.15, 0.2) is 60.9 Å². The van der Waals surface area contributed by atoms with Gasteiger partial charge in [-0.3, -0.25) is 4.98 Å². The number of hydrogen-bond donors (Lipinski definition) is 2. The van der Waals surface area contributed by atoms with E-state index >= 15 is 0 Å². The lowest BCUT2D eigenvalue weighted by molar-refractivity contribution is 0.178. The van der Waals surface area contributed by atoms with Crippen LogP contribution in [-0.4, -0.2) is 10.1 Å². The van der Waals surface area contributed by atoms with Gasteiger partial charge in [0.2, 0.25) is 0 Å². The predicted molar refractivity (Wildman–Crippen MR) is 81.3 cm³/mol. The number of anilines is 1. The summed E-state index contributed by atoms with van der Waals surface area (Å²) in [5, 5.41) is 12.7. The summed E-state index contributed by atoms with van der Waals surface area (Å²) in [7, 11) is 0. The Morgan fingerprint density at radius 3 is 2.65 bits per heavy atom. The molecule has 20 heavy (non-hydrogen) atoms. The highest BCUT2D eigenvalue weighted by Crippen LogP contribution is 2.24. The maximum Gasteiger partial charge on any atom is 0.0831 e. The van der Waals surface area contributed by atoms with Gasteiger partial charge < -0.3 is 10.8 Å². The van der Waals surface area contributed by atoms with Crippen LogP contribution >= 0.6 is 0 Å². The Labute approximate surface area is 117 Å². The molecule has 0 saturated carbocycles. The van der Waals surface area contributed by atoms with Gasteiger partial charge in [-0.2, -0.15) is 0 Å². The summed E-state index contributed by atoms with van der Waals surface area (Å²) in [6.07, 6.45) is 3.25. The third-order valence-corrected chi connectivity index (χ3v) is 3.51. The highest BCUT2D eigenvalue weighted by molar-refractivity contribution is 5.83. The van der Waals surface area contributed by atoms with Crippen LogP contribution in [0.4, 0.5) is 5.69 Å². The second-order valence-electron chi connectivity index (χ2n) is 4.90. The smallest absolute Gasteiger partial charge is 0.0831 e. The summed E-state index contributed by atoms with van der Waals surface area (Å²) in [6, 6.07) is 15.9. The van der Waals surface area contributed by atoms with E-state index in [0.717, 1.165) is 16.5 Å². The van der Waals surface area contributed by atoms with Crippen molar-refractivity contribution in [1.82, 2.24) is 4.98 Å². The molecule has 0 bridgehead atoms. The van der Waals surface area contributed by atoms with E-state index in [4.69, 9.17) is 5.73 Å². The molecule has 0 spiro atoms. The van der Waals surface area contributed by atoms with Crippen LogP contribution in [0, 0.1) is 0 Å². The molecule has 1 heterocycles. The van der Waals surface area contributed by atoms with Crippen molar-refractivity contribution in [2.75, 3.05) is 5.73 Å². The normalized spacial score (nSPS) is 12.4. The van der Waals surface area contributed by atoms with Crippen molar-refractivity contribution in [3.63, 3.8) is 0 Å². The number of aromatic nitrogens is 1. The number of aliphatic hydroxyl groups excluding tert-OH is 1. The van der Waals surface area contributed by atoms with Gasteiger partial charge in [-0.1, -0.05) is 36.4 Å². The Hall–Kier alpha value is -2.39. The zero-order valence-electron chi connectivity index (χ0n) is 11.0. The number of pyridine rings is 1. The third kappa shape index (κ3) is 2.49. The molecule has 3 nitrogen and oxygen atoms in total. The molecule has 3 aromatic rings. The van der Waals surface area contributed by atoms with Gasteiger partial charge in [-0.25, -0.2) is 0 Å². The van der Waals surface area contributed by atoms with Crippen LogP contribution < -0.4 is 5.73 Å². The number of nitrogens with two attached hydrogens (primary N) is 1. The van der Waals surface area contributed by atoms with E-state index in [9.17, 15) is 5.11 Å². The molecule has 1 atom stereocenters. The number of aliphatic hydroxyl groups is 1. The average Bonchev–Trinajstić information content (AvgIpc) is 2.49. The summed E-state index contributed by atoms with van der Waals surface area (Å²) in [5.74, 6) is 0. The van der Waals surface area contributed by atoms with Crippen LogP contribution in [0.2, 0.25) is 0 Å². The van der Waals surface area contributed by atoms with Gasteiger partial charge in [0.25, 0.3) is 0 Å². The number of hydrogen-bond acceptors (Lipinski definition) is 3. The monoisotopic (exact) mass is 264 g/mol. The fourth-order valence-electron chi connectivity index (χ4n) is 2.35. The zero-order valence-corrected chi connectivity index (χ0v) is 11.0. The summed E-state index contributed by atoms with van der Waals surface area (Å²) in [4.78, 5) is 4.05. The third-order valence-electron chi connectivity index (χ3n) is 3.51. The van der Waals surface area contributed by atoms with Crippen LogP contribution in [-0.2, 0) is 6.42 Å². The van der Waals surface area contributed by atoms with E-state index < -0.39 is 6.10 Å². The maximum absolute atomic E-state index is 10.4. The minimum Gasteiger partial charge on any atom is -0.398 e. The predicted octanol–water partition coefficient (Wildman–Crippen LogP) is 3.09. The molecule has 0 saturated heterocycles. The van der Waals surface area contributed by atoms with Crippen LogP contribution in [0.25, 0.3) is 10.8 Å². The fourth-order valence-corrected chi connectivity index (χ4v) is 2.35. The average molecular weight is 264 g/mol. The lowest BCUT2D eigenvalue weighted by Crippen LogP contribution is -2.04. The highest BCUT2D eigenvalue weighted by Gasteiger charge is 2.11. The number of nitrogen functional groups attached to an aromatic ring is 1. The molecule has 0 aliphatic rings. The van der Waals surface area contributed by atoms with Gasteiger partial charge in [0.1, 0.15) is 0 Å². The summed E-state index contributed by atoms with van der Waals surface area (Å²) in [6.45, 7) is 0. The van der Waals surface area contributed by atoms with E-state index in [-0.39, 0.29) is 0 Å². The van der Waals surface area contributed by atoms with Crippen molar-refractivity contribution in [2.45, 2.75) is 12.5 Å². The topological polar surface area (TPSA) is 59.1 Å². The van der Waals surface area contributed by atoms with Crippen LogP contribution in [0.5, 0.6) is 0 Å². The molecular formula is C17H16N2O. The molecule has 100 valence electrons. The summed E-state index contributed by atoms with van der Waals surface area (Å²) >= 11 is 0. The van der Waals surface area contributed by atoms with Gasteiger partial charge in [0.05, 0.1) is 6.10 Å². The Morgan fingerprint density at radius 1 is 1.05 bits per heavy atom. The Kier molecular flexibility index (Phi) is 3.35. The first-order valence-electron chi connectivity index (χ1n) is 6.59. The SMILES string of the molecule is Nc1ccncc1CC(O)c1ccc2ccccc2c1. The first-order valence-corrected chi connectivity index (χ1v) is 6.59. The molecule has 0 amide bonds. The molecule has 0 aliphatic carbocycles. The van der Waals surface area contributed by atoms with E-state index in [0.29, 0.717) is 12.1 Å². The van der Waals surface area contributed by atoms with E-state index in [2.05, 4.69) is 11.1 Å². The van der Waals surface area contributed by atoms with Gasteiger partial charge >= 0.3 is 0 Å². The number of benzene rings is 2. The van der Waals surface area contributed by atoms with E-state index in [1.54, 1.807) is 18.5 Å². The molecule has 0 fully saturated rings. The zero-order chi connectivity index (χ0) is 13.9. The molecule has 0 aliphatic heterocycles. The van der Waals surface area contributed by atoms with Crippen molar-refractivity contribution in [3.05, 3.63) is 72.1 Å². The standard InChI is InChI=1S/C17H16N2O/c18-16-7-8-19-11-15(16)10-17(20)14-6-5-12-3-1-2-4-13(12)9-14/h1-9,11,17,20H,10H2,(H2,18,19). The van der Waals surface area contributed by atoms with Crippen molar-refractivity contribution in [3.8, 4) is 0 Å². The molecule has 0 radical (unpaired) electrons. The molecule has 1 aromatic heterocycles. The van der Waals surface area contributed by atoms with E-state index in [1.165, 1.54) is 5.39 Å². The minimum absolute atomic E-state index is 0.470. The fraction of sp³-hybridized carbons (Fsp3) is 0.118. The minimum atomic E-state index is -0.578. The van der Waals surface area contributed by atoms with Crippen molar-refractivity contribution < 1.29 is 5.11 Å². The van der Waals surface area contributed by atoms with Crippen molar-refractivity contribution in [1.29, 1.82) is 0 Å². The Morgan fingerprint density at radius 2 is 1.85 bits per heavy atom. The lowest BCUT2D eigenvalue weighted by Gasteiger charge is -2.13. The first kappa shape index (κ1) is 12.6. The largest absolute Gasteiger partial charge is 0.398 e. The molecule has 3 N–H and O–H groups in total. The molecule has 1 unspecified atom stereocenters. The molecule has 2 aromatic carbocycles. The number of nitrogens with zero attached hydrogens (tertiary/aromatic N) is 1. The van der Waals surface area contributed by atoms with Crippen molar-refractivity contribution >= 4 is 16.5 Å². The second kappa shape index (κ2) is 5.31. The van der Waals surface area contributed by atoms with Gasteiger partial charge in [0, 0.05) is 24.5 Å². The first-order chi connectivity index (χ1) is 9.74.